The fourth-order valence-electron chi connectivity index (χ4n) is 2.34. The molecule has 23 heavy (non-hydrogen) atoms. The number of methoxy groups -OCH3 is 1. The highest BCUT2D eigenvalue weighted by Crippen LogP contribution is 2.29. The van der Waals surface area contributed by atoms with Crippen molar-refractivity contribution < 1.29 is 9.53 Å². The topological polar surface area (TPSA) is 51.2 Å². The Kier molecular flexibility index (Phi) is 7.04. The highest BCUT2D eigenvalue weighted by molar-refractivity contribution is 5.93. The number of nitrogens with zero attached hydrogens (tertiary/aromatic N) is 1. The summed E-state index contributed by atoms with van der Waals surface area (Å²) < 4.78 is 5.44. The van der Waals surface area contributed by atoms with Gasteiger partial charge in [0.2, 0.25) is 0 Å². The van der Waals surface area contributed by atoms with Gasteiger partial charge in [-0.2, -0.15) is 0 Å². The number of aryl methyl sites for hydroxylation is 1. The van der Waals surface area contributed by atoms with Gasteiger partial charge in [0.25, 0.3) is 5.91 Å². The summed E-state index contributed by atoms with van der Waals surface area (Å²) in [6, 6.07) is 7.56. The van der Waals surface area contributed by atoms with Crippen molar-refractivity contribution in [2.24, 2.45) is 0 Å². The Bertz CT molecular complexity index is 658. The first kappa shape index (κ1) is 19.0. The van der Waals surface area contributed by atoms with Gasteiger partial charge in [0.1, 0.15) is 5.75 Å². The number of halogens is 1. The maximum absolute atomic E-state index is 12.1. The molecule has 0 aliphatic heterocycles. The van der Waals surface area contributed by atoms with Crippen molar-refractivity contribution >= 4 is 18.3 Å². The molecular weight excluding hydrogens is 312 g/mol. The maximum Gasteiger partial charge on any atom is 0.251 e. The molecule has 0 spiro atoms. The normalized spacial score (nSPS) is 10.1. The molecule has 1 aromatic heterocycles. The average molecular weight is 335 g/mol. The van der Waals surface area contributed by atoms with Crippen LogP contribution >= 0.6 is 12.4 Å². The molecule has 1 aromatic carbocycles. The smallest absolute Gasteiger partial charge is 0.251 e. The molecule has 1 amide bonds. The fraction of sp³-hybridized carbons (Fsp3) is 0.333. The molecule has 0 unspecified atom stereocenters. The molecule has 1 heterocycles. The number of rotatable bonds is 5. The van der Waals surface area contributed by atoms with E-state index in [-0.39, 0.29) is 18.3 Å². The summed E-state index contributed by atoms with van der Waals surface area (Å²) in [5, 5.41) is 2.95. The Morgan fingerprint density at radius 2 is 1.91 bits per heavy atom. The Hall–Kier alpha value is -2.07. The molecule has 0 saturated heterocycles. The van der Waals surface area contributed by atoms with Crippen LogP contribution in [-0.4, -0.2) is 18.0 Å². The van der Waals surface area contributed by atoms with Crippen LogP contribution in [0, 0.1) is 6.92 Å². The number of nitrogens with one attached hydrogen (secondary N) is 1. The highest BCUT2D eigenvalue weighted by atomic mass is 35.5. The summed E-state index contributed by atoms with van der Waals surface area (Å²) in [7, 11) is 1.69. The van der Waals surface area contributed by atoms with Crippen LogP contribution in [0.15, 0.2) is 36.7 Å². The standard InChI is InChI=1S/C18H22N2O2.ClH/c1-12(2)16-10-15(13(3)9-17(16)22-4)11-20-18(21)14-5-7-19-8-6-14;/h5-10,12H,11H2,1-4H3,(H,20,21);1H. The molecule has 0 fully saturated rings. The SMILES string of the molecule is COc1cc(C)c(CNC(=O)c2ccncc2)cc1C(C)C.Cl. The second-order valence-corrected chi connectivity index (χ2v) is 5.59. The van der Waals surface area contributed by atoms with E-state index in [9.17, 15) is 4.79 Å². The molecular formula is C18H23ClN2O2. The zero-order valence-electron chi connectivity index (χ0n) is 13.9. The van der Waals surface area contributed by atoms with E-state index in [1.54, 1.807) is 31.6 Å². The monoisotopic (exact) mass is 334 g/mol. The molecule has 0 atom stereocenters. The predicted molar refractivity (Wildman–Crippen MR) is 94.5 cm³/mol. The zero-order valence-corrected chi connectivity index (χ0v) is 14.7. The van der Waals surface area contributed by atoms with Crippen LogP contribution in [0.4, 0.5) is 0 Å². The van der Waals surface area contributed by atoms with Gasteiger partial charge in [0.05, 0.1) is 7.11 Å². The number of hydrogen-bond acceptors (Lipinski definition) is 3. The summed E-state index contributed by atoms with van der Waals surface area (Å²) >= 11 is 0. The number of amides is 1. The third-order valence-corrected chi connectivity index (χ3v) is 3.69. The molecule has 0 saturated carbocycles. The lowest BCUT2D eigenvalue weighted by molar-refractivity contribution is 0.0951. The van der Waals surface area contributed by atoms with Crippen LogP contribution in [0.5, 0.6) is 5.75 Å². The molecule has 1 N–H and O–H groups in total. The second-order valence-electron chi connectivity index (χ2n) is 5.59. The van der Waals surface area contributed by atoms with Gasteiger partial charge in [-0.3, -0.25) is 9.78 Å². The van der Waals surface area contributed by atoms with Gasteiger partial charge in [0.15, 0.2) is 0 Å². The van der Waals surface area contributed by atoms with Gasteiger partial charge in [-0.15, -0.1) is 12.4 Å². The molecule has 0 radical (unpaired) electrons. The van der Waals surface area contributed by atoms with Gasteiger partial charge < -0.3 is 10.1 Å². The van der Waals surface area contributed by atoms with Gasteiger partial charge in [-0.25, -0.2) is 0 Å². The molecule has 4 nitrogen and oxygen atoms in total. The average Bonchev–Trinajstić information content (AvgIpc) is 2.53. The third kappa shape index (κ3) is 4.70. The first-order chi connectivity index (χ1) is 10.5. The Labute approximate surface area is 143 Å². The highest BCUT2D eigenvalue weighted by Gasteiger charge is 2.12. The molecule has 124 valence electrons. The largest absolute Gasteiger partial charge is 0.496 e. The van der Waals surface area contributed by atoms with E-state index in [2.05, 4.69) is 30.2 Å². The lowest BCUT2D eigenvalue weighted by Gasteiger charge is -2.16. The molecule has 5 heteroatoms. The van der Waals surface area contributed by atoms with Gasteiger partial charge in [-0.05, 0) is 53.8 Å². The van der Waals surface area contributed by atoms with E-state index >= 15 is 0 Å². The summed E-state index contributed by atoms with van der Waals surface area (Å²) in [6.45, 7) is 6.79. The molecule has 0 bridgehead atoms. The Morgan fingerprint density at radius 3 is 2.48 bits per heavy atom. The van der Waals surface area contributed by atoms with Crippen molar-refractivity contribution in [2.75, 3.05) is 7.11 Å². The second kappa shape index (κ2) is 8.53. The first-order valence-corrected chi connectivity index (χ1v) is 7.38. The number of benzene rings is 1. The van der Waals surface area contributed by atoms with Crippen molar-refractivity contribution in [2.45, 2.75) is 33.2 Å². The van der Waals surface area contributed by atoms with Gasteiger partial charge in [0, 0.05) is 24.5 Å². The lowest BCUT2D eigenvalue weighted by Crippen LogP contribution is -2.23. The van der Waals surface area contributed by atoms with Gasteiger partial charge >= 0.3 is 0 Å². The first-order valence-electron chi connectivity index (χ1n) is 7.38. The molecule has 0 aliphatic carbocycles. The summed E-state index contributed by atoms with van der Waals surface area (Å²) in [5.74, 6) is 1.17. The van der Waals surface area contributed by atoms with Crippen molar-refractivity contribution in [1.82, 2.24) is 10.3 Å². The minimum atomic E-state index is -0.0938. The Balaban J connectivity index is 0.00000264. The predicted octanol–water partition coefficient (Wildman–Crippen LogP) is 3.87. The number of aromatic nitrogens is 1. The zero-order chi connectivity index (χ0) is 16.1. The summed E-state index contributed by atoms with van der Waals surface area (Å²) in [6.07, 6.45) is 3.23. The minimum Gasteiger partial charge on any atom is -0.496 e. The van der Waals surface area contributed by atoms with E-state index in [0.29, 0.717) is 18.0 Å². The van der Waals surface area contributed by atoms with E-state index < -0.39 is 0 Å². The lowest BCUT2D eigenvalue weighted by atomic mass is 9.96. The number of hydrogen-bond donors (Lipinski definition) is 1. The van der Waals surface area contributed by atoms with Crippen molar-refractivity contribution in [3.63, 3.8) is 0 Å². The molecule has 2 aromatic rings. The fourth-order valence-corrected chi connectivity index (χ4v) is 2.34. The van der Waals surface area contributed by atoms with E-state index in [1.807, 2.05) is 13.0 Å². The van der Waals surface area contributed by atoms with Crippen molar-refractivity contribution in [3.05, 3.63) is 58.9 Å². The van der Waals surface area contributed by atoms with Crippen molar-refractivity contribution in [3.8, 4) is 5.75 Å². The van der Waals surface area contributed by atoms with Crippen molar-refractivity contribution in [1.29, 1.82) is 0 Å². The summed E-state index contributed by atoms with van der Waals surface area (Å²) in [5.41, 5.74) is 3.98. The minimum absolute atomic E-state index is 0. The van der Waals surface area contributed by atoms with E-state index in [0.717, 1.165) is 22.4 Å². The van der Waals surface area contributed by atoms with Crippen LogP contribution in [-0.2, 0) is 6.54 Å². The molecule has 2 rings (SSSR count). The number of carbonyl (C=O) groups excluding carboxylic acids is 1. The summed E-state index contributed by atoms with van der Waals surface area (Å²) in [4.78, 5) is 16.0. The van der Waals surface area contributed by atoms with Crippen LogP contribution in [0.1, 0.15) is 46.8 Å². The van der Waals surface area contributed by atoms with Crippen LogP contribution in [0.2, 0.25) is 0 Å². The number of pyridine rings is 1. The maximum atomic E-state index is 12.1. The number of carbonyl (C=O) groups is 1. The van der Waals surface area contributed by atoms with Crippen LogP contribution in [0.3, 0.4) is 0 Å². The van der Waals surface area contributed by atoms with E-state index in [4.69, 9.17) is 4.74 Å². The number of ether oxygens (including phenoxy) is 1. The van der Waals surface area contributed by atoms with Crippen LogP contribution < -0.4 is 10.1 Å². The van der Waals surface area contributed by atoms with Crippen LogP contribution in [0.25, 0.3) is 0 Å². The van der Waals surface area contributed by atoms with Gasteiger partial charge in [-0.1, -0.05) is 13.8 Å². The molecule has 0 aliphatic rings. The van der Waals surface area contributed by atoms with E-state index in [1.165, 1.54) is 0 Å². The Morgan fingerprint density at radius 1 is 1.26 bits per heavy atom. The third-order valence-electron chi connectivity index (χ3n) is 3.69. The quantitative estimate of drug-likeness (QED) is 0.903.